The Labute approximate surface area is 94.5 Å². The number of benzene rings is 1. The molecule has 1 atom stereocenters. The molecule has 1 unspecified atom stereocenters. The van der Waals surface area contributed by atoms with Crippen molar-refractivity contribution in [2.45, 2.75) is 26.8 Å². The van der Waals surface area contributed by atoms with E-state index in [1.54, 1.807) is 0 Å². The first-order valence-corrected chi connectivity index (χ1v) is 5.25. The molecule has 2 aromatic rings. The number of nitrogens with zero attached hydrogens (tertiary/aromatic N) is 2. The molecule has 1 aromatic carbocycles. The largest absolute Gasteiger partial charge is 0.419 e. The lowest BCUT2D eigenvalue weighted by Crippen LogP contribution is -2.04. The molecule has 16 heavy (non-hydrogen) atoms. The Hall–Kier alpha value is -1.68. The minimum Gasteiger partial charge on any atom is -0.419 e. The highest BCUT2D eigenvalue weighted by atomic mass is 16.4. The van der Waals surface area contributed by atoms with Crippen molar-refractivity contribution in [1.82, 2.24) is 10.2 Å². The maximum atomic E-state index is 5.68. The molecule has 1 aromatic heterocycles. The monoisotopic (exact) mass is 217 g/mol. The van der Waals surface area contributed by atoms with Crippen LogP contribution in [0.15, 0.2) is 22.6 Å². The first kappa shape index (κ1) is 10.8. The van der Waals surface area contributed by atoms with Crippen LogP contribution in [0, 0.1) is 13.8 Å². The van der Waals surface area contributed by atoms with E-state index < -0.39 is 0 Å². The molecule has 2 N–H and O–H groups in total. The number of nitrogens with two attached hydrogens (primary N) is 1. The number of aromatic nitrogens is 2. The zero-order valence-corrected chi connectivity index (χ0v) is 9.69. The van der Waals surface area contributed by atoms with Gasteiger partial charge in [-0.1, -0.05) is 12.1 Å². The molecule has 0 aliphatic rings. The molecule has 0 radical (unpaired) electrons. The molecule has 4 heteroatoms. The summed E-state index contributed by atoms with van der Waals surface area (Å²) in [6.45, 7) is 5.92. The van der Waals surface area contributed by atoms with Crippen LogP contribution in [0.2, 0.25) is 0 Å². The molecule has 0 saturated heterocycles. The third-order valence-electron chi connectivity index (χ3n) is 2.67. The second-order valence-electron chi connectivity index (χ2n) is 3.98. The standard InChI is InChI=1S/C12H15N3O/c1-7-5-4-6-10(8(7)2)12-15-14-11(16-12)9(3)13/h4-6,9H,13H2,1-3H3. The smallest absolute Gasteiger partial charge is 0.248 e. The van der Waals surface area contributed by atoms with Crippen molar-refractivity contribution in [3.8, 4) is 11.5 Å². The molecule has 0 fully saturated rings. The Bertz CT molecular complexity index is 503. The molecule has 0 bridgehead atoms. The number of rotatable bonds is 2. The van der Waals surface area contributed by atoms with Gasteiger partial charge in [0.25, 0.3) is 0 Å². The van der Waals surface area contributed by atoms with Gasteiger partial charge >= 0.3 is 0 Å². The lowest BCUT2D eigenvalue weighted by atomic mass is 10.0. The van der Waals surface area contributed by atoms with Gasteiger partial charge in [0.15, 0.2) is 0 Å². The van der Waals surface area contributed by atoms with E-state index in [9.17, 15) is 0 Å². The van der Waals surface area contributed by atoms with Crippen molar-refractivity contribution in [3.63, 3.8) is 0 Å². The highest BCUT2D eigenvalue weighted by Crippen LogP contribution is 2.25. The summed E-state index contributed by atoms with van der Waals surface area (Å²) in [5, 5.41) is 7.93. The Kier molecular flexibility index (Phi) is 2.75. The topological polar surface area (TPSA) is 64.9 Å². The molecule has 2 rings (SSSR count). The highest BCUT2D eigenvalue weighted by Gasteiger charge is 2.13. The van der Waals surface area contributed by atoms with Crippen LogP contribution in [0.1, 0.15) is 30.0 Å². The predicted octanol–water partition coefficient (Wildman–Crippen LogP) is 2.37. The summed E-state index contributed by atoms with van der Waals surface area (Å²) < 4.78 is 5.52. The van der Waals surface area contributed by atoms with Crippen molar-refractivity contribution < 1.29 is 4.42 Å². The van der Waals surface area contributed by atoms with Gasteiger partial charge in [0.05, 0.1) is 6.04 Å². The van der Waals surface area contributed by atoms with E-state index >= 15 is 0 Å². The number of aryl methyl sites for hydroxylation is 1. The molecule has 0 aliphatic heterocycles. The van der Waals surface area contributed by atoms with E-state index in [4.69, 9.17) is 10.2 Å². The van der Waals surface area contributed by atoms with Crippen molar-refractivity contribution >= 4 is 0 Å². The van der Waals surface area contributed by atoms with Gasteiger partial charge in [-0.2, -0.15) is 0 Å². The van der Waals surface area contributed by atoms with Crippen LogP contribution in [0.25, 0.3) is 11.5 Å². The summed E-state index contributed by atoms with van der Waals surface area (Å²) in [5.74, 6) is 1.00. The predicted molar refractivity (Wildman–Crippen MR) is 61.8 cm³/mol. The SMILES string of the molecule is Cc1cccc(-c2nnc(C(C)N)o2)c1C. The Morgan fingerprint density at radius 2 is 2.00 bits per heavy atom. The average Bonchev–Trinajstić information content (AvgIpc) is 2.71. The van der Waals surface area contributed by atoms with Gasteiger partial charge in [0.2, 0.25) is 11.8 Å². The number of hydrogen-bond donors (Lipinski definition) is 1. The number of hydrogen-bond acceptors (Lipinski definition) is 4. The average molecular weight is 217 g/mol. The minimum absolute atomic E-state index is 0.230. The van der Waals surface area contributed by atoms with Crippen molar-refractivity contribution in [3.05, 3.63) is 35.2 Å². The summed E-state index contributed by atoms with van der Waals surface area (Å²) in [4.78, 5) is 0. The highest BCUT2D eigenvalue weighted by molar-refractivity contribution is 5.59. The molecule has 0 spiro atoms. The van der Waals surface area contributed by atoms with Crippen LogP contribution in [0.3, 0.4) is 0 Å². The van der Waals surface area contributed by atoms with Gasteiger partial charge in [0, 0.05) is 5.56 Å². The summed E-state index contributed by atoms with van der Waals surface area (Å²) in [5.41, 5.74) is 9.01. The molecular weight excluding hydrogens is 202 g/mol. The van der Waals surface area contributed by atoms with E-state index in [0.717, 1.165) is 11.1 Å². The summed E-state index contributed by atoms with van der Waals surface area (Å²) in [6, 6.07) is 5.78. The Morgan fingerprint density at radius 1 is 1.25 bits per heavy atom. The molecule has 1 heterocycles. The van der Waals surface area contributed by atoms with Gasteiger partial charge in [0.1, 0.15) is 0 Å². The molecule has 4 nitrogen and oxygen atoms in total. The molecule has 0 aliphatic carbocycles. The van der Waals surface area contributed by atoms with Gasteiger partial charge in [-0.05, 0) is 38.0 Å². The van der Waals surface area contributed by atoms with Crippen LogP contribution in [-0.2, 0) is 0 Å². The molecular formula is C12H15N3O. The van der Waals surface area contributed by atoms with E-state index in [0.29, 0.717) is 11.8 Å². The zero-order valence-electron chi connectivity index (χ0n) is 9.69. The fourth-order valence-corrected chi connectivity index (χ4v) is 1.51. The van der Waals surface area contributed by atoms with Crippen molar-refractivity contribution in [1.29, 1.82) is 0 Å². The van der Waals surface area contributed by atoms with E-state index in [1.807, 2.05) is 26.0 Å². The van der Waals surface area contributed by atoms with Gasteiger partial charge in [-0.15, -0.1) is 10.2 Å². The van der Waals surface area contributed by atoms with E-state index in [2.05, 4.69) is 23.2 Å². The molecule has 84 valence electrons. The zero-order chi connectivity index (χ0) is 11.7. The fraction of sp³-hybridized carbons (Fsp3) is 0.333. The summed E-state index contributed by atoms with van der Waals surface area (Å²) in [6.07, 6.45) is 0. The van der Waals surface area contributed by atoms with Crippen LogP contribution in [0.5, 0.6) is 0 Å². The fourth-order valence-electron chi connectivity index (χ4n) is 1.51. The van der Waals surface area contributed by atoms with Gasteiger partial charge in [-0.25, -0.2) is 0 Å². The van der Waals surface area contributed by atoms with E-state index in [1.165, 1.54) is 5.56 Å². The first-order chi connectivity index (χ1) is 7.59. The lowest BCUT2D eigenvalue weighted by molar-refractivity contribution is 0.473. The Morgan fingerprint density at radius 3 is 2.62 bits per heavy atom. The third kappa shape index (κ3) is 1.84. The lowest BCUT2D eigenvalue weighted by Gasteiger charge is -2.03. The van der Waals surface area contributed by atoms with Crippen LogP contribution in [0.4, 0.5) is 0 Å². The summed E-state index contributed by atoms with van der Waals surface area (Å²) >= 11 is 0. The van der Waals surface area contributed by atoms with Gasteiger partial charge < -0.3 is 10.2 Å². The van der Waals surface area contributed by atoms with Crippen molar-refractivity contribution in [2.75, 3.05) is 0 Å². The maximum Gasteiger partial charge on any atom is 0.248 e. The van der Waals surface area contributed by atoms with E-state index in [-0.39, 0.29) is 6.04 Å². The normalized spacial score (nSPS) is 12.8. The van der Waals surface area contributed by atoms with Crippen LogP contribution in [-0.4, -0.2) is 10.2 Å². The van der Waals surface area contributed by atoms with Crippen LogP contribution < -0.4 is 5.73 Å². The maximum absolute atomic E-state index is 5.68. The minimum atomic E-state index is -0.230. The van der Waals surface area contributed by atoms with Gasteiger partial charge in [-0.3, -0.25) is 0 Å². The first-order valence-electron chi connectivity index (χ1n) is 5.25. The second-order valence-corrected chi connectivity index (χ2v) is 3.98. The van der Waals surface area contributed by atoms with Crippen LogP contribution >= 0.6 is 0 Å². The molecule has 0 saturated carbocycles. The Balaban J connectivity index is 2.47. The third-order valence-corrected chi connectivity index (χ3v) is 2.67. The second kappa shape index (κ2) is 4.06. The quantitative estimate of drug-likeness (QED) is 0.838. The molecule has 0 amide bonds. The summed E-state index contributed by atoms with van der Waals surface area (Å²) in [7, 11) is 0. The van der Waals surface area contributed by atoms with Crippen molar-refractivity contribution in [2.24, 2.45) is 5.73 Å².